The molecule has 0 fully saturated rings. The van der Waals surface area contributed by atoms with Crippen LogP contribution in [-0.4, -0.2) is 16.7 Å². The van der Waals surface area contributed by atoms with E-state index in [4.69, 9.17) is 9.15 Å². The van der Waals surface area contributed by atoms with Crippen molar-refractivity contribution in [2.24, 2.45) is 0 Å². The van der Waals surface area contributed by atoms with Crippen LogP contribution in [0.5, 0.6) is 0 Å². The second-order valence-corrected chi connectivity index (χ2v) is 7.39. The SMILES string of the molecule is Cc1oc(-c2ccccc2)nc1COC(=O)CSc1ccc2ccccc2c1. The van der Waals surface area contributed by atoms with Gasteiger partial charge in [-0.25, -0.2) is 4.98 Å². The average Bonchev–Trinajstić information content (AvgIpc) is 3.12. The lowest BCUT2D eigenvalue weighted by molar-refractivity contribution is -0.141. The summed E-state index contributed by atoms with van der Waals surface area (Å²) in [6.07, 6.45) is 0. The first-order chi connectivity index (χ1) is 13.7. The van der Waals surface area contributed by atoms with Crippen LogP contribution >= 0.6 is 11.8 Å². The lowest BCUT2D eigenvalue weighted by atomic mass is 10.1. The third-order valence-electron chi connectivity index (χ3n) is 4.36. The molecule has 0 unspecified atom stereocenters. The molecule has 1 aromatic heterocycles. The Balaban J connectivity index is 1.33. The summed E-state index contributed by atoms with van der Waals surface area (Å²) >= 11 is 1.47. The van der Waals surface area contributed by atoms with E-state index in [0.717, 1.165) is 15.8 Å². The fourth-order valence-corrected chi connectivity index (χ4v) is 3.60. The van der Waals surface area contributed by atoms with Gasteiger partial charge in [-0.3, -0.25) is 4.79 Å². The van der Waals surface area contributed by atoms with Crippen molar-refractivity contribution in [3.05, 3.63) is 84.3 Å². The number of ether oxygens (including phenoxy) is 1. The maximum atomic E-state index is 12.1. The number of aryl methyl sites for hydroxylation is 1. The van der Waals surface area contributed by atoms with Gasteiger partial charge in [-0.1, -0.05) is 48.5 Å². The van der Waals surface area contributed by atoms with Crippen molar-refractivity contribution >= 4 is 28.5 Å². The van der Waals surface area contributed by atoms with Crippen molar-refractivity contribution in [1.29, 1.82) is 0 Å². The van der Waals surface area contributed by atoms with Crippen molar-refractivity contribution in [1.82, 2.24) is 4.98 Å². The molecule has 1 heterocycles. The van der Waals surface area contributed by atoms with Gasteiger partial charge in [-0.15, -0.1) is 11.8 Å². The molecular formula is C23H19NO3S. The van der Waals surface area contributed by atoms with Crippen molar-refractivity contribution in [2.45, 2.75) is 18.4 Å². The number of thioether (sulfide) groups is 1. The molecular weight excluding hydrogens is 370 g/mol. The Labute approximate surface area is 167 Å². The van der Waals surface area contributed by atoms with E-state index in [1.54, 1.807) is 0 Å². The molecule has 0 saturated heterocycles. The third-order valence-corrected chi connectivity index (χ3v) is 5.33. The second-order valence-electron chi connectivity index (χ2n) is 6.35. The van der Waals surface area contributed by atoms with Crippen LogP contribution in [0.4, 0.5) is 0 Å². The topological polar surface area (TPSA) is 52.3 Å². The predicted octanol–water partition coefficient (Wildman–Crippen LogP) is 5.64. The van der Waals surface area contributed by atoms with Gasteiger partial charge in [0, 0.05) is 10.5 Å². The summed E-state index contributed by atoms with van der Waals surface area (Å²) in [5.74, 6) is 1.17. The number of oxazole rings is 1. The minimum absolute atomic E-state index is 0.110. The van der Waals surface area contributed by atoms with Gasteiger partial charge < -0.3 is 9.15 Å². The Morgan fingerprint density at radius 3 is 2.57 bits per heavy atom. The van der Waals surface area contributed by atoms with Crippen LogP contribution in [0.1, 0.15) is 11.5 Å². The highest BCUT2D eigenvalue weighted by Gasteiger charge is 2.13. The minimum Gasteiger partial charge on any atom is -0.458 e. The van der Waals surface area contributed by atoms with Gasteiger partial charge in [0.2, 0.25) is 5.89 Å². The van der Waals surface area contributed by atoms with Crippen molar-refractivity contribution in [3.63, 3.8) is 0 Å². The lowest BCUT2D eigenvalue weighted by Gasteiger charge is -2.05. The molecule has 28 heavy (non-hydrogen) atoms. The lowest BCUT2D eigenvalue weighted by Crippen LogP contribution is -2.08. The van der Waals surface area contributed by atoms with E-state index in [1.807, 2.05) is 55.5 Å². The predicted molar refractivity (Wildman–Crippen MR) is 111 cm³/mol. The van der Waals surface area contributed by atoms with E-state index in [1.165, 1.54) is 17.1 Å². The highest BCUT2D eigenvalue weighted by Crippen LogP contribution is 2.24. The van der Waals surface area contributed by atoms with Crippen LogP contribution in [0.3, 0.4) is 0 Å². The molecule has 0 amide bonds. The standard InChI is InChI=1S/C23H19NO3S/c1-16-21(24-23(27-16)18-8-3-2-4-9-18)14-26-22(25)15-28-20-12-11-17-7-5-6-10-19(17)13-20/h2-13H,14-15H2,1H3. The highest BCUT2D eigenvalue weighted by atomic mass is 32.2. The summed E-state index contributed by atoms with van der Waals surface area (Å²) in [5, 5.41) is 2.35. The van der Waals surface area contributed by atoms with Crippen LogP contribution in [-0.2, 0) is 16.1 Å². The fourth-order valence-electron chi connectivity index (χ4n) is 2.86. The molecule has 0 saturated carbocycles. The Bertz CT molecular complexity index is 1110. The zero-order chi connectivity index (χ0) is 19.3. The minimum atomic E-state index is -0.276. The summed E-state index contributed by atoms with van der Waals surface area (Å²) in [5.41, 5.74) is 1.54. The number of carbonyl (C=O) groups is 1. The van der Waals surface area contributed by atoms with Crippen molar-refractivity contribution in [3.8, 4) is 11.5 Å². The molecule has 5 heteroatoms. The number of benzene rings is 3. The van der Waals surface area contributed by atoms with Crippen LogP contribution < -0.4 is 0 Å². The van der Waals surface area contributed by atoms with E-state index < -0.39 is 0 Å². The molecule has 4 rings (SSSR count). The monoisotopic (exact) mass is 389 g/mol. The van der Waals surface area contributed by atoms with Gasteiger partial charge in [0.15, 0.2) is 0 Å². The van der Waals surface area contributed by atoms with Gasteiger partial charge >= 0.3 is 5.97 Å². The zero-order valence-corrected chi connectivity index (χ0v) is 16.2. The number of rotatable bonds is 6. The van der Waals surface area contributed by atoms with Crippen LogP contribution in [0, 0.1) is 6.92 Å². The highest BCUT2D eigenvalue weighted by molar-refractivity contribution is 8.00. The number of nitrogens with zero attached hydrogens (tertiary/aromatic N) is 1. The smallest absolute Gasteiger partial charge is 0.316 e. The van der Waals surface area contributed by atoms with Gasteiger partial charge in [-0.05, 0) is 42.0 Å². The van der Waals surface area contributed by atoms with E-state index in [9.17, 15) is 4.79 Å². The Kier molecular flexibility index (Phi) is 5.44. The number of aromatic nitrogens is 1. The Morgan fingerprint density at radius 1 is 1.00 bits per heavy atom. The average molecular weight is 389 g/mol. The molecule has 0 aliphatic rings. The van der Waals surface area contributed by atoms with Crippen LogP contribution in [0.2, 0.25) is 0 Å². The number of carbonyl (C=O) groups excluding carboxylic acids is 1. The molecule has 0 spiro atoms. The number of hydrogen-bond acceptors (Lipinski definition) is 5. The number of hydrogen-bond donors (Lipinski definition) is 0. The van der Waals surface area contributed by atoms with E-state index in [2.05, 4.69) is 29.2 Å². The first kappa shape index (κ1) is 18.3. The first-order valence-corrected chi connectivity index (χ1v) is 9.96. The van der Waals surface area contributed by atoms with Gasteiger partial charge in [0.1, 0.15) is 18.1 Å². The van der Waals surface area contributed by atoms with E-state index in [0.29, 0.717) is 17.3 Å². The number of esters is 1. The van der Waals surface area contributed by atoms with Gasteiger partial charge in [0.25, 0.3) is 0 Å². The van der Waals surface area contributed by atoms with Crippen LogP contribution in [0.25, 0.3) is 22.2 Å². The van der Waals surface area contributed by atoms with Crippen molar-refractivity contribution < 1.29 is 13.9 Å². The largest absolute Gasteiger partial charge is 0.458 e. The van der Waals surface area contributed by atoms with E-state index in [-0.39, 0.29) is 18.3 Å². The fraction of sp³-hybridized carbons (Fsp3) is 0.130. The molecule has 0 aliphatic heterocycles. The molecule has 0 aliphatic carbocycles. The van der Waals surface area contributed by atoms with Gasteiger partial charge in [-0.2, -0.15) is 0 Å². The molecule has 0 atom stereocenters. The third kappa shape index (κ3) is 4.26. The summed E-state index contributed by atoms with van der Waals surface area (Å²) in [4.78, 5) is 17.6. The van der Waals surface area contributed by atoms with Crippen LogP contribution in [0.15, 0.2) is 82.1 Å². The molecule has 140 valence electrons. The zero-order valence-electron chi connectivity index (χ0n) is 15.4. The summed E-state index contributed by atoms with van der Waals surface area (Å²) in [6, 6.07) is 24.0. The quantitative estimate of drug-likeness (QED) is 0.316. The number of fused-ring (bicyclic) bond motifs is 1. The summed E-state index contributed by atoms with van der Waals surface area (Å²) < 4.78 is 11.1. The maximum absolute atomic E-state index is 12.1. The van der Waals surface area contributed by atoms with E-state index >= 15 is 0 Å². The molecule has 0 N–H and O–H groups in total. The normalized spacial score (nSPS) is 10.9. The summed E-state index contributed by atoms with van der Waals surface area (Å²) in [7, 11) is 0. The van der Waals surface area contributed by atoms with Gasteiger partial charge in [0.05, 0.1) is 5.75 Å². The summed E-state index contributed by atoms with van der Waals surface area (Å²) in [6.45, 7) is 1.94. The first-order valence-electron chi connectivity index (χ1n) is 8.98. The molecule has 3 aromatic carbocycles. The Hall–Kier alpha value is -3.05. The maximum Gasteiger partial charge on any atom is 0.316 e. The molecule has 0 bridgehead atoms. The Morgan fingerprint density at radius 2 is 1.75 bits per heavy atom. The second kappa shape index (κ2) is 8.31. The molecule has 4 aromatic rings. The molecule has 0 radical (unpaired) electrons. The van der Waals surface area contributed by atoms with Crippen molar-refractivity contribution in [2.75, 3.05) is 5.75 Å². The molecule has 4 nitrogen and oxygen atoms in total.